The Morgan fingerprint density at radius 1 is 0.357 bits per heavy atom. The maximum absolute atomic E-state index is 9.92. The Labute approximate surface area is 179 Å². The summed E-state index contributed by atoms with van der Waals surface area (Å²) in [5.74, 6) is 0. The molecule has 0 saturated heterocycles. The van der Waals surface area contributed by atoms with Gasteiger partial charge < -0.3 is 5.11 Å². The van der Waals surface area contributed by atoms with Gasteiger partial charge in [-0.3, -0.25) is 0 Å². The minimum Gasteiger partial charge on any atom is -0.393 e. The SMILES string of the molecule is CCCCCCCCCCCCCCCCCCCCCC(O)CCCCC. The van der Waals surface area contributed by atoms with E-state index in [2.05, 4.69) is 13.8 Å². The molecule has 0 amide bonds. The molecule has 0 bridgehead atoms. The predicted octanol–water partition coefficient (Wildman–Crippen LogP) is 9.75. The van der Waals surface area contributed by atoms with Gasteiger partial charge in [0.1, 0.15) is 0 Å². The zero-order valence-electron chi connectivity index (χ0n) is 20.0. The van der Waals surface area contributed by atoms with Crippen LogP contribution in [0.2, 0.25) is 0 Å². The van der Waals surface area contributed by atoms with E-state index in [0.717, 1.165) is 12.8 Å². The van der Waals surface area contributed by atoms with Crippen molar-refractivity contribution >= 4 is 0 Å². The molecule has 0 radical (unpaired) electrons. The van der Waals surface area contributed by atoms with Crippen LogP contribution in [-0.4, -0.2) is 11.2 Å². The molecule has 0 saturated carbocycles. The normalized spacial score (nSPS) is 12.5. The van der Waals surface area contributed by atoms with Gasteiger partial charge >= 0.3 is 0 Å². The number of aliphatic hydroxyl groups excluding tert-OH is 1. The Morgan fingerprint density at radius 2 is 0.571 bits per heavy atom. The summed E-state index contributed by atoms with van der Waals surface area (Å²) in [6.07, 6.45) is 32.9. The molecule has 1 unspecified atom stereocenters. The standard InChI is InChI=1S/C27H56O/c1-3-5-7-8-9-10-11-12-13-14-15-16-17-18-19-20-21-22-24-26-27(28)25-23-6-4-2/h27-28H,3-26H2,1-2H3. The van der Waals surface area contributed by atoms with Crippen LogP contribution in [0.3, 0.4) is 0 Å². The topological polar surface area (TPSA) is 20.2 Å². The molecule has 0 aliphatic carbocycles. The van der Waals surface area contributed by atoms with Gasteiger partial charge in [0.25, 0.3) is 0 Å². The summed E-state index contributed by atoms with van der Waals surface area (Å²) in [4.78, 5) is 0. The summed E-state index contributed by atoms with van der Waals surface area (Å²) in [6.45, 7) is 4.52. The second-order valence-electron chi connectivity index (χ2n) is 9.30. The van der Waals surface area contributed by atoms with E-state index in [0.29, 0.717) is 0 Å². The van der Waals surface area contributed by atoms with Crippen molar-refractivity contribution in [1.82, 2.24) is 0 Å². The first kappa shape index (κ1) is 28.0. The lowest BCUT2D eigenvalue weighted by Gasteiger charge is -2.09. The van der Waals surface area contributed by atoms with Crippen molar-refractivity contribution < 1.29 is 5.11 Å². The fraction of sp³-hybridized carbons (Fsp3) is 1.00. The average molecular weight is 397 g/mol. The van der Waals surface area contributed by atoms with Gasteiger partial charge in [0, 0.05) is 0 Å². The summed E-state index contributed by atoms with van der Waals surface area (Å²) < 4.78 is 0. The summed E-state index contributed by atoms with van der Waals surface area (Å²) in [5.41, 5.74) is 0. The predicted molar refractivity (Wildman–Crippen MR) is 128 cm³/mol. The summed E-state index contributed by atoms with van der Waals surface area (Å²) in [5, 5.41) is 9.92. The van der Waals surface area contributed by atoms with E-state index in [-0.39, 0.29) is 6.10 Å². The number of rotatable bonds is 24. The van der Waals surface area contributed by atoms with Crippen molar-refractivity contribution in [2.75, 3.05) is 0 Å². The molecule has 0 heterocycles. The van der Waals surface area contributed by atoms with E-state index in [1.165, 1.54) is 141 Å². The van der Waals surface area contributed by atoms with Crippen molar-refractivity contribution in [2.24, 2.45) is 0 Å². The Balaban J connectivity index is 3.05. The smallest absolute Gasteiger partial charge is 0.0540 e. The first-order valence-electron chi connectivity index (χ1n) is 13.5. The van der Waals surface area contributed by atoms with Crippen LogP contribution >= 0.6 is 0 Å². The van der Waals surface area contributed by atoms with Crippen LogP contribution in [0.25, 0.3) is 0 Å². The number of hydrogen-bond donors (Lipinski definition) is 1. The minimum absolute atomic E-state index is 0.0302. The Hall–Kier alpha value is -0.0400. The molecule has 0 aromatic heterocycles. The monoisotopic (exact) mass is 396 g/mol. The Morgan fingerprint density at radius 3 is 0.893 bits per heavy atom. The summed E-state index contributed by atoms with van der Waals surface area (Å²) >= 11 is 0. The van der Waals surface area contributed by atoms with Crippen LogP contribution in [0.4, 0.5) is 0 Å². The molecule has 1 heteroatoms. The first-order valence-corrected chi connectivity index (χ1v) is 13.5. The van der Waals surface area contributed by atoms with E-state index in [1.807, 2.05) is 0 Å². The molecule has 1 N–H and O–H groups in total. The highest BCUT2D eigenvalue weighted by atomic mass is 16.3. The third-order valence-electron chi connectivity index (χ3n) is 6.28. The van der Waals surface area contributed by atoms with Crippen LogP contribution in [0.1, 0.15) is 168 Å². The molecule has 170 valence electrons. The molecule has 28 heavy (non-hydrogen) atoms. The summed E-state index contributed by atoms with van der Waals surface area (Å²) in [7, 11) is 0. The highest BCUT2D eigenvalue weighted by Gasteiger charge is 2.03. The fourth-order valence-electron chi connectivity index (χ4n) is 4.23. The maximum Gasteiger partial charge on any atom is 0.0540 e. The quantitative estimate of drug-likeness (QED) is 0.161. The van der Waals surface area contributed by atoms with E-state index >= 15 is 0 Å². The molecule has 0 aromatic rings. The van der Waals surface area contributed by atoms with E-state index in [1.54, 1.807) is 0 Å². The third-order valence-corrected chi connectivity index (χ3v) is 6.28. The maximum atomic E-state index is 9.92. The van der Waals surface area contributed by atoms with Crippen molar-refractivity contribution in [1.29, 1.82) is 0 Å². The summed E-state index contributed by atoms with van der Waals surface area (Å²) in [6, 6.07) is 0. The zero-order valence-corrected chi connectivity index (χ0v) is 20.0. The largest absolute Gasteiger partial charge is 0.393 e. The van der Waals surface area contributed by atoms with Crippen LogP contribution in [0, 0.1) is 0 Å². The Bertz CT molecular complexity index is 263. The number of hydrogen-bond acceptors (Lipinski definition) is 1. The van der Waals surface area contributed by atoms with E-state index in [4.69, 9.17) is 0 Å². The molecule has 0 spiro atoms. The van der Waals surface area contributed by atoms with Crippen LogP contribution in [0.5, 0.6) is 0 Å². The molecule has 1 nitrogen and oxygen atoms in total. The molecule has 0 fully saturated rings. The van der Waals surface area contributed by atoms with Gasteiger partial charge in [-0.15, -0.1) is 0 Å². The molecular weight excluding hydrogens is 340 g/mol. The zero-order chi connectivity index (χ0) is 20.5. The number of unbranched alkanes of at least 4 members (excludes halogenated alkanes) is 20. The first-order chi connectivity index (χ1) is 13.8. The molecule has 0 rings (SSSR count). The second kappa shape index (κ2) is 25.0. The molecular formula is C27H56O. The molecule has 0 aromatic carbocycles. The van der Waals surface area contributed by atoms with Gasteiger partial charge in [0.2, 0.25) is 0 Å². The lowest BCUT2D eigenvalue weighted by atomic mass is 10.0. The minimum atomic E-state index is -0.0302. The van der Waals surface area contributed by atoms with Crippen molar-refractivity contribution in [3.8, 4) is 0 Å². The van der Waals surface area contributed by atoms with Gasteiger partial charge in [-0.05, 0) is 12.8 Å². The van der Waals surface area contributed by atoms with Crippen LogP contribution < -0.4 is 0 Å². The van der Waals surface area contributed by atoms with E-state index < -0.39 is 0 Å². The van der Waals surface area contributed by atoms with Crippen molar-refractivity contribution in [3.05, 3.63) is 0 Å². The van der Waals surface area contributed by atoms with Gasteiger partial charge in [-0.1, -0.05) is 155 Å². The fourth-order valence-corrected chi connectivity index (χ4v) is 4.23. The van der Waals surface area contributed by atoms with Gasteiger partial charge in [0.05, 0.1) is 6.10 Å². The van der Waals surface area contributed by atoms with Gasteiger partial charge in [-0.25, -0.2) is 0 Å². The lowest BCUT2D eigenvalue weighted by molar-refractivity contribution is 0.147. The number of aliphatic hydroxyl groups is 1. The van der Waals surface area contributed by atoms with Crippen molar-refractivity contribution in [3.63, 3.8) is 0 Å². The highest BCUT2D eigenvalue weighted by Crippen LogP contribution is 2.15. The highest BCUT2D eigenvalue weighted by molar-refractivity contribution is 4.57. The van der Waals surface area contributed by atoms with Crippen LogP contribution in [0.15, 0.2) is 0 Å². The molecule has 0 aliphatic heterocycles. The molecule has 1 atom stereocenters. The lowest BCUT2D eigenvalue weighted by Crippen LogP contribution is -2.05. The van der Waals surface area contributed by atoms with Gasteiger partial charge in [-0.2, -0.15) is 0 Å². The van der Waals surface area contributed by atoms with Crippen LogP contribution in [-0.2, 0) is 0 Å². The Kier molecular flexibility index (Phi) is 25.0. The third kappa shape index (κ3) is 24.0. The van der Waals surface area contributed by atoms with Gasteiger partial charge in [0.15, 0.2) is 0 Å². The molecule has 0 aliphatic rings. The van der Waals surface area contributed by atoms with Crippen molar-refractivity contribution in [2.45, 2.75) is 174 Å². The second-order valence-corrected chi connectivity index (χ2v) is 9.30. The average Bonchev–Trinajstić information content (AvgIpc) is 2.70. The van der Waals surface area contributed by atoms with E-state index in [9.17, 15) is 5.11 Å².